The Kier molecular flexibility index (Phi) is 3.96. The number of rotatable bonds is 5. The van der Waals surface area contributed by atoms with Gasteiger partial charge in [-0.2, -0.15) is 0 Å². The van der Waals surface area contributed by atoms with Gasteiger partial charge in [0.15, 0.2) is 6.39 Å². The van der Waals surface area contributed by atoms with E-state index in [0.29, 0.717) is 6.04 Å². The van der Waals surface area contributed by atoms with Crippen molar-refractivity contribution < 1.29 is 4.42 Å². The summed E-state index contributed by atoms with van der Waals surface area (Å²) in [7, 11) is 0. The van der Waals surface area contributed by atoms with Gasteiger partial charge in [0.2, 0.25) is 0 Å². The molecule has 0 amide bonds. The molecule has 4 nitrogen and oxygen atoms in total. The molecule has 0 aliphatic carbocycles. The third-order valence-corrected chi connectivity index (χ3v) is 3.26. The van der Waals surface area contributed by atoms with Gasteiger partial charge < -0.3 is 9.73 Å². The molecule has 1 aromatic heterocycles. The molecule has 0 radical (unpaired) electrons. The molecule has 1 fully saturated rings. The number of nitrogens with zero attached hydrogens (tertiary/aromatic N) is 2. The summed E-state index contributed by atoms with van der Waals surface area (Å²) in [4.78, 5) is 6.80. The lowest BCUT2D eigenvalue weighted by molar-refractivity contribution is 0.196. The average Bonchev–Trinajstić information content (AvgIpc) is 2.90. The van der Waals surface area contributed by atoms with Gasteiger partial charge in [-0.3, -0.25) is 4.90 Å². The van der Waals surface area contributed by atoms with Crippen molar-refractivity contribution in [2.24, 2.45) is 0 Å². The third-order valence-electron chi connectivity index (χ3n) is 3.26. The van der Waals surface area contributed by atoms with Crippen LogP contribution >= 0.6 is 0 Å². The molecule has 0 aromatic carbocycles. The maximum atomic E-state index is 5.25. The monoisotopic (exact) mass is 223 g/mol. The highest BCUT2D eigenvalue weighted by Crippen LogP contribution is 2.15. The second-order valence-corrected chi connectivity index (χ2v) is 4.47. The molecule has 1 aliphatic heterocycles. The predicted octanol–water partition coefficient (Wildman–Crippen LogP) is 1.56. The molecule has 1 unspecified atom stereocenters. The van der Waals surface area contributed by atoms with E-state index in [1.54, 1.807) is 6.39 Å². The summed E-state index contributed by atoms with van der Waals surface area (Å²) >= 11 is 0. The Labute approximate surface area is 97.0 Å². The molecule has 1 saturated heterocycles. The Morgan fingerprint density at radius 1 is 1.62 bits per heavy atom. The molecule has 0 bridgehead atoms. The number of aryl methyl sites for hydroxylation is 1. The Hall–Kier alpha value is -0.870. The van der Waals surface area contributed by atoms with E-state index in [4.69, 9.17) is 4.42 Å². The molecule has 2 heterocycles. The minimum Gasteiger partial charge on any atom is -0.448 e. The van der Waals surface area contributed by atoms with Crippen molar-refractivity contribution in [1.29, 1.82) is 0 Å². The highest BCUT2D eigenvalue weighted by molar-refractivity contribution is 5.05. The summed E-state index contributed by atoms with van der Waals surface area (Å²) in [6.45, 7) is 8.52. The van der Waals surface area contributed by atoms with E-state index in [0.717, 1.165) is 37.6 Å². The van der Waals surface area contributed by atoms with E-state index in [1.165, 1.54) is 12.8 Å². The fourth-order valence-corrected chi connectivity index (χ4v) is 2.30. The number of hydrogen-bond donors (Lipinski definition) is 1. The van der Waals surface area contributed by atoms with E-state index in [2.05, 4.69) is 22.1 Å². The van der Waals surface area contributed by atoms with Crippen LogP contribution in [0.5, 0.6) is 0 Å². The highest BCUT2D eigenvalue weighted by atomic mass is 16.3. The van der Waals surface area contributed by atoms with Gasteiger partial charge in [-0.05, 0) is 32.9 Å². The molecule has 16 heavy (non-hydrogen) atoms. The van der Waals surface area contributed by atoms with Crippen LogP contribution in [0.2, 0.25) is 0 Å². The Bertz CT molecular complexity index is 318. The minimum absolute atomic E-state index is 0.663. The van der Waals surface area contributed by atoms with Gasteiger partial charge in [-0.1, -0.05) is 6.92 Å². The van der Waals surface area contributed by atoms with E-state index < -0.39 is 0 Å². The lowest BCUT2D eigenvalue weighted by Crippen LogP contribution is -2.37. The molecule has 1 atom stereocenters. The molecule has 4 heteroatoms. The lowest BCUT2D eigenvalue weighted by Gasteiger charge is -2.27. The molecule has 0 spiro atoms. The van der Waals surface area contributed by atoms with Gasteiger partial charge in [-0.15, -0.1) is 0 Å². The van der Waals surface area contributed by atoms with Crippen LogP contribution in [-0.4, -0.2) is 35.6 Å². The van der Waals surface area contributed by atoms with Gasteiger partial charge in [0.1, 0.15) is 5.76 Å². The summed E-state index contributed by atoms with van der Waals surface area (Å²) in [6, 6.07) is 0.663. The molecule has 1 aromatic rings. The standard InChI is InChI=1S/C12H21N3O/c1-3-6-15(11-4-5-13-7-11)8-12-10(2)16-9-14-12/h9,11,13H,3-8H2,1-2H3. The van der Waals surface area contributed by atoms with Crippen LogP contribution in [0, 0.1) is 6.92 Å². The van der Waals surface area contributed by atoms with Gasteiger partial charge in [0.25, 0.3) is 0 Å². The molecule has 1 aliphatic rings. The fourth-order valence-electron chi connectivity index (χ4n) is 2.30. The zero-order valence-corrected chi connectivity index (χ0v) is 10.2. The van der Waals surface area contributed by atoms with Crippen molar-refractivity contribution in [2.45, 2.75) is 39.3 Å². The molecule has 2 rings (SSSR count). The van der Waals surface area contributed by atoms with Crippen molar-refractivity contribution in [3.8, 4) is 0 Å². The van der Waals surface area contributed by atoms with Gasteiger partial charge >= 0.3 is 0 Å². The first-order chi connectivity index (χ1) is 7.81. The first-order valence-corrected chi connectivity index (χ1v) is 6.15. The van der Waals surface area contributed by atoms with Crippen molar-refractivity contribution in [3.05, 3.63) is 17.8 Å². The van der Waals surface area contributed by atoms with Crippen molar-refractivity contribution in [1.82, 2.24) is 15.2 Å². The number of nitrogens with one attached hydrogen (secondary N) is 1. The first-order valence-electron chi connectivity index (χ1n) is 6.15. The number of hydrogen-bond acceptors (Lipinski definition) is 4. The molecule has 90 valence electrons. The smallest absolute Gasteiger partial charge is 0.181 e. The quantitative estimate of drug-likeness (QED) is 0.822. The summed E-state index contributed by atoms with van der Waals surface area (Å²) < 4.78 is 5.25. The number of oxazole rings is 1. The van der Waals surface area contributed by atoms with Crippen molar-refractivity contribution in [2.75, 3.05) is 19.6 Å². The van der Waals surface area contributed by atoms with E-state index in [1.807, 2.05) is 6.92 Å². The summed E-state index contributed by atoms with van der Waals surface area (Å²) in [5.74, 6) is 0.951. The largest absolute Gasteiger partial charge is 0.448 e. The summed E-state index contributed by atoms with van der Waals surface area (Å²) in [6.07, 6.45) is 3.98. The van der Waals surface area contributed by atoms with Crippen LogP contribution in [0.3, 0.4) is 0 Å². The maximum Gasteiger partial charge on any atom is 0.181 e. The van der Waals surface area contributed by atoms with Crippen LogP contribution in [0.25, 0.3) is 0 Å². The summed E-state index contributed by atoms with van der Waals surface area (Å²) in [5, 5.41) is 3.42. The second kappa shape index (κ2) is 5.46. The van der Waals surface area contributed by atoms with Gasteiger partial charge in [0, 0.05) is 19.1 Å². The number of aromatic nitrogens is 1. The van der Waals surface area contributed by atoms with Crippen LogP contribution in [0.15, 0.2) is 10.8 Å². The topological polar surface area (TPSA) is 41.3 Å². The van der Waals surface area contributed by atoms with Crippen LogP contribution in [-0.2, 0) is 6.54 Å². The summed E-state index contributed by atoms with van der Waals surface area (Å²) in [5.41, 5.74) is 1.08. The average molecular weight is 223 g/mol. The van der Waals surface area contributed by atoms with Crippen molar-refractivity contribution >= 4 is 0 Å². The van der Waals surface area contributed by atoms with Gasteiger partial charge in [0.05, 0.1) is 5.69 Å². The molecular weight excluding hydrogens is 202 g/mol. The Balaban J connectivity index is 1.99. The zero-order valence-electron chi connectivity index (χ0n) is 10.2. The Morgan fingerprint density at radius 2 is 2.50 bits per heavy atom. The van der Waals surface area contributed by atoms with Crippen molar-refractivity contribution in [3.63, 3.8) is 0 Å². The van der Waals surface area contributed by atoms with Crippen LogP contribution in [0.4, 0.5) is 0 Å². The van der Waals surface area contributed by atoms with Crippen LogP contribution < -0.4 is 5.32 Å². The normalized spacial score (nSPS) is 20.8. The highest BCUT2D eigenvalue weighted by Gasteiger charge is 2.22. The second-order valence-electron chi connectivity index (χ2n) is 4.47. The van der Waals surface area contributed by atoms with E-state index >= 15 is 0 Å². The predicted molar refractivity (Wildman–Crippen MR) is 63.2 cm³/mol. The molecule has 1 N–H and O–H groups in total. The maximum absolute atomic E-state index is 5.25. The SMILES string of the molecule is CCCN(Cc1ncoc1C)C1CCNC1. The van der Waals surface area contributed by atoms with Crippen LogP contribution in [0.1, 0.15) is 31.2 Å². The minimum atomic E-state index is 0.663. The van der Waals surface area contributed by atoms with E-state index in [-0.39, 0.29) is 0 Å². The Morgan fingerprint density at radius 3 is 3.06 bits per heavy atom. The third kappa shape index (κ3) is 2.62. The zero-order chi connectivity index (χ0) is 11.4. The molecular formula is C12H21N3O. The first kappa shape index (κ1) is 11.6. The van der Waals surface area contributed by atoms with Gasteiger partial charge in [-0.25, -0.2) is 4.98 Å². The molecule has 0 saturated carbocycles. The fraction of sp³-hybridized carbons (Fsp3) is 0.750. The lowest BCUT2D eigenvalue weighted by atomic mass is 10.2. The van der Waals surface area contributed by atoms with E-state index in [9.17, 15) is 0 Å².